The van der Waals surface area contributed by atoms with Crippen LogP contribution in [0.2, 0.25) is 0 Å². The number of aryl methyl sites for hydroxylation is 2. The number of benzene rings is 1. The number of nitrogens with two attached hydrogens (primary N) is 1. The van der Waals surface area contributed by atoms with Crippen LogP contribution in [0.15, 0.2) is 12.1 Å². The lowest BCUT2D eigenvalue weighted by Gasteiger charge is -2.12. The Kier molecular flexibility index (Phi) is 4.77. The van der Waals surface area contributed by atoms with Crippen molar-refractivity contribution >= 4 is 27.4 Å². The molecule has 19 heavy (non-hydrogen) atoms. The number of carbonyl (C=O) groups excluding carboxylic acids is 1. The minimum Gasteiger partial charge on any atom is -0.465 e. The molecule has 0 radical (unpaired) electrons. The summed E-state index contributed by atoms with van der Waals surface area (Å²) in [5, 5.41) is 0. The van der Waals surface area contributed by atoms with Gasteiger partial charge in [0.1, 0.15) is 0 Å². The van der Waals surface area contributed by atoms with Crippen LogP contribution in [0.4, 0.5) is 11.4 Å². The molecule has 0 bridgehead atoms. The van der Waals surface area contributed by atoms with Crippen molar-refractivity contribution in [3.05, 3.63) is 23.3 Å². The highest BCUT2D eigenvalue weighted by Gasteiger charge is 2.18. The molecule has 0 spiro atoms. The molecule has 0 saturated heterocycles. The van der Waals surface area contributed by atoms with Gasteiger partial charge in [-0.15, -0.1) is 0 Å². The predicted octanol–water partition coefficient (Wildman–Crippen LogP) is 1.19. The van der Waals surface area contributed by atoms with E-state index in [2.05, 4.69) is 9.46 Å². The fourth-order valence-corrected chi connectivity index (χ4v) is 2.56. The van der Waals surface area contributed by atoms with E-state index < -0.39 is 21.7 Å². The van der Waals surface area contributed by atoms with Gasteiger partial charge in [0.15, 0.2) is 5.75 Å². The predicted molar refractivity (Wildman–Crippen MR) is 74.4 cm³/mol. The van der Waals surface area contributed by atoms with Gasteiger partial charge in [0, 0.05) is 5.69 Å². The van der Waals surface area contributed by atoms with Gasteiger partial charge in [-0.1, -0.05) is 6.07 Å². The third-order valence-electron chi connectivity index (χ3n) is 2.49. The van der Waals surface area contributed by atoms with Crippen LogP contribution in [0, 0.1) is 13.8 Å². The maximum absolute atomic E-state index is 11.8. The lowest BCUT2D eigenvalue weighted by molar-refractivity contribution is -0.139. The van der Waals surface area contributed by atoms with Crippen molar-refractivity contribution in [3.8, 4) is 0 Å². The lowest BCUT2D eigenvalue weighted by atomic mass is 10.1. The number of nitrogen functional groups attached to an aromatic ring is 1. The Balaban J connectivity index is 2.90. The van der Waals surface area contributed by atoms with Gasteiger partial charge < -0.3 is 10.5 Å². The number of anilines is 2. The Morgan fingerprint density at radius 2 is 1.95 bits per heavy atom. The Labute approximate surface area is 113 Å². The minimum atomic E-state index is -3.79. The van der Waals surface area contributed by atoms with Crippen molar-refractivity contribution in [1.29, 1.82) is 0 Å². The van der Waals surface area contributed by atoms with Crippen LogP contribution in [0.3, 0.4) is 0 Å². The Hall–Kier alpha value is -1.76. The molecule has 0 saturated carbocycles. The van der Waals surface area contributed by atoms with Gasteiger partial charge in [0.25, 0.3) is 0 Å². The summed E-state index contributed by atoms with van der Waals surface area (Å²) in [6, 6.07) is 3.31. The molecule has 1 rings (SSSR count). The molecule has 1 aromatic carbocycles. The SMILES string of the molecule is CCOC(=O)CS(=O)(=O)Nc1cc(N)c(C)cc1C. The van der Waals surface area contributed by atoms with Gasteiger partial charge in [-0.3, -0.25) is 9.52 Å². The number of hydrogen-bond acceptors (Lipinski definition) is 5. The van der Waals surface area contributed by atoms with Crippen molar-refractivity contribution < 1.29 is 17.9 Å². The van der Waals surface area contributed by atoms with Crippen molar-refractivity contribution in [2.75, 3.05) is 22.8 Å². The zero-order valence-corrected chi connectivity index (χ0v) is 12.0. The average molecular weight is 286 g/mol. The molecule has 0 unspecified atom stereocenters. The molecule has 0 amide bonds. The van der Waals surface area contributed by atoms with Gasteiger partial charge in [0.05, 0.1) is 12.3 Å². The molecule has 0 fully saturated rings. The highest BCUT2D eigenvalue weighted by atomic mass is 32.2. The second-order valence-electron chi connectivity index (χ2n) is 4.19. The molecular formula is C12H18N2O4S. The van der Waals surface area contributed by atoms with Gasteiger partial charge in [-0.05, 0) is 38.0 Å². The third-order valence-corrected chi connectivity index (χ3v) is 3.64. The topological polar surface area (TPSA) is 98.5 Å². The van der Waals surface area contributed by atoms with Gasteiger partial charge in [0.2, 0.25) is 10.0 Å². The zero-order chi connectivity index (χ0) is 14.6. The summed E-state index contributed by atoms with van der Waals surface area (Å²) < 4.78 is 30.5. The Morgan fingerprint density at radius 1 is 1.32 bits per heavy atom. The van der Waals surface area contributed by atoms with Crippen LogP contribution >= 0.6 is 0 Å². The van der Waals surface area contributed by atoms with E-state index >= 15 is 0 Å². The molecule has 0 aliphatic carbocycles. The van der Waals surface area contributed by atoms with Crippen LogP contribution in [-0.4, -0.2) is 26.7 Å². The molecule has 0 aliphatic heterocycles. The molecule has 0 aromatic heterocycles. The molecule has 7 heteroatoms. The first kappa shape index (κ1) is 15.3. The number of carbonyl (C=O) groups is 1. The summed E-state index contributed by atoms with van der Waals surface area (Å²) in [6.07, 6.45) is 0. The summed E-state index contributed by atoms with van der Waals surface area (Å²) in [6.45, 7) is 5.35. The fraction of sp³-hybridized carbons (Fsp3) is 0.417. The van der Waals surface area contributed by atoms with E-state index in [1.807, 2.05) is 6.92 Å². The van der Waals surface area contributed by atoms with Crippen molar-refractivity contribution in [2.45, 2.75) is 20.8 Å². The number of esters is 1. The van der Waals surface area contributed by atoms with Crippen LogP contribution < -0.4 is 10.5 Å². The van der Waals surface area contributed by atoms with Gasteiger partial charge in [-0.25, -0.2) is 8.42 Å². The number of rotatable bonds is 5. The van der Waals surface area contributed by atoms with E-state index in [1.165, 1.54) is 6.07 Å². The quantitative estimate of drug-likeness (QED) is 0.626. The smallest absolute Gasteiger partial charge is 0.323 e. The van der Waals surface area contributed by atoms with Gasteiger partial charge in [-0.2, -0.15) is 0 Å². The van der Waals surface area contributed by atoms with Crippen molar-refractivity contribution in [2.24, 2.45) is 0 Å². The molecule has 1 aromatic rings. The Bertz CT molecular complexity index is 582. The first-order valence-electron chi connectivity index (χ1n) is 5.78. The van der Waals surface area contributed by atoms with E-state index in [0.29, 0.717) is 11.4 Å². The monoisotopic (exact) mass is 286 g/mol. The molecule has 106 valence electrons. The number of nitrogens with one attached hydrogen (secondary N) is 1. The second-order valence-corrected chi connectivity index (χ2v) is 5.91. The third kappa shape index (κ3) is 4.44. The van der Waals surface area contributed by atoms with Crippen LogP contribution in [0.1, 0.15) is 18.1 Å². The van der Waals surface area contributed by atoms with Gasteiger partial charge >= 0.3 is 5.97 Å². The van der Waals surface area contributed by atoms with Crippen molar-refractivity contribution in [1.82, 2.24) is 0 Å². The highest BCUT2D eigenvalue weighted by Crippen LogP contribution is 2.23. The summed E-state index contributed by atoms with van der Waals surface area (Å²) in [7, 11) is -3.79. The number of sulfonamides is 1. The second kappa shape index (κ2) is 5.92. The van der Waals surface area contributed by atoms with E-state index in [-0.39, 0.29) is 6.61 Å². The summed E-state index contributed by atoms with van der Waals surface area (Å²) in [5.41, 5.74) is 8.19. The normalized spacial score (nSPS) is 11.1. The zero-order valence-electron chi connectivity index (χ0n) is 11.2. The van der Waals surface area contributed by atoms with Crippen LogP contribution in [0.25, 0.3) is 0 Å². The Morgan fingerprint density at radius 3 is 2.53 bits per heavy atom. The fourth-order valence-electron chi connectivity index (χ4n) is 1.54. The maximum atomic E-state index is 11.8. The molecule has 6 nitrogen and oxygen atoms in total. The lowest BCUT2D eigenvalue weighted by Crippen LogP contribution is -2.24. The summed E-state index contributed by atoms with van der Waals surface area (Å²) in [4.78, 5) is 11.2. The molecular weight excluding hydrogens is 268 g/mol. The van der Waals surface area contributed by atoms with Crippen molar-refractivity contribution in [3.63, 3.8) is 0 Å². The minimum absolute atomic E-state index is 0.144. The molecule has 0 atom stereocenters. The number of ether oxygens (including phenoxy) is 1. The highest BCUT2D eigenvalue weighted by molar-refractivity contribution is 7.93. The van der Waals surface area contributed by atoms with E-state index in [1.54, 1.807) is 19.9 Å². The van der Waals surface area contributed by atoms with E-state index in [4.69, 9.17) is 5.73 Å². The maximum Gasteiger partial charge on any atom is 0.323 e. The summed E-state index contributed by atoms with van der Waals surface area (Å²) in [5.74, 6) is -1.50. The number of hydrogen-bond donors (Lipinski definition) is 2. The summed E-state index contributed by atoms with van der Waals surface area (Å²) >= 11 is 0. The first-order valence-corrected chi connectivity index (χ1v) is 7.43. The average Bonchev–Trinajstić information content (AvgIpc) is 2.24. The molecule has 0 aliphatic rings. The molecule has 3 N–H and O–H groups in total. The van der Waals surface area contributed by atoms with Crippen LogP contribution in [0.5, 0.6) is 0 Å². The first-order chi connectivity index (χ1) is 8.75. The standard InChI is InChI=1S/C12H18N2O4S/c1-4-18-12(15)7-19(16,17)14-11-6-10(13)8(2)5-9(11)3/h5-6,14H,4,7,13H2,1-3H3. The van der Waals surface area contributed by atoms with E-state index in [9.17, 15) is 13.2 Å². The largest absolute Gasteiger partial charge is 0.465 e. The van der Waals surface area contributed by atoms with E-state index in [0.717, 1.165) is 11.1 Å². The van der Waals surface area contributed by atoms with Crippen LogP contribution in [-0.2, 0) is 19.6 Å². The molecule has 0 heterocycles.